The number of halogens is 2. The van der Waals surface area contributed by atoms with E-state index in [2.05, 4.69) is 21.2 Å². The van der Waals surface area contributed by atoms with Crippen molar-refractivity contribution in [2.24, 2.45) is 0 Å². The fraction of sp³-hybridized carbons (Fsp3) is 0.0400. The van der Waals surface area contributed by atoms with E-state index in [1.165, 1.54) is 36.4 Å². The van der Waals surface area contributed by atoms with Gasteiger partial charge in [0, 0.05) is 10.0 Å². The van der Waals surface area contributed by atoms with Gasteiger partial charge in [-0.3, -0.25) is 14.9 Å². The van der Waals surface area contributed by atoms with Gasteiger partial charge in [0.05, 0.1) is 11.3 Å². The molecule has 7 nitrogen and oxygen atoms in total. The van der Waals surface area contributed by atoms with Crippen molar-refractivity contribution in [3.05, 3.63) is 99.3 Å². The number of nitrogens with one attached hydrogen (secondary N) is 1. The Morgan fingerprint density at radius 2 is 1.83 bits per heavy atom. The van der Waals surface area contributed by atoms with Gasteiger partial charge in [-0.25, -0.2) is 14.1 Å². The lowest BCUT2D eigenvalue weighted by molar-refractivity contribution is -0.122. The molecule has 35 heavy (non-hydrogen) atoms. The van der Waals surface area contributed by atoms with Crippen LogP contribution in [0.1, 0.15) is 21.5 Å². The summed E-state index contributed by atoms with van der Waals surface area (Å²) in [5.74, 6) is -2.83. The van der Waals surface area contributed by atoms with Gasteiger partial charge in [0.15, 0.2) is 5.11 Å². The number of para-hydroxylation sites is 1. The normalized spacial score (nSPS) is 14.7. The van der Waals surface area contributed by atoms with E-state index in [4.69, 9.17) is 22.1 Å². The van der Waals surface area contributed by atoms with Gasteiger partial charge in [-0.1, -0.05) is 40.2 Å². The lowest BCUT2D eigenvalue weighted by atomic mass is 10.1. The summed E-state index contributed by atoms with van der Waals surface area (Å²) in [6.07, 6.45) is 1.35. The maximum Gasteiger partial charge on any atom is 0.335 e. The highest BCUT2D eigenvalue weighted by atomic mass is 79.9. The minimum Gasteiger partial charge on any atom is -0.488 e. The van der Waals surface area contributed by atoms with Crippen LogP contribution in [0.3, 0.4) is 0 Å². The van der Waals surface area contributed by atoms with Crippen LogP contribution in [0.2, 0.25) is 0 Å². The predicted molar refractivity (Wildman–Crippen MR) is 134 cm³/mol. The quantitative estimate of drug-likeness (QED) is 0.260. The van der Waals surface area contributed by atoms with Crippen LogP contribution in [0.25, 0.3) is 6.08 Å². The predicted octanol–water partition coefficient (Wildman–Crippen LogP) is 4.70. The van der Waals surface area contributed by atoms with E-state index in [1.54, 1.807) is 36.4 Å². The van der Waals surface area contributed by atoms with Crippen LogP contribution in [0.5, 0.6) is 5.75 Å². The molecule has 0 atom stereocenters. The van der Waals surface area contributed by atoms with Crippen LogP contribution < -0.4 is 15.0 Å². The smallest absolute Gasteiger partial charge is 0.335 e. The summed E-state index contributed by atoms with van der Waals surface area (Å²) in [7, 11) is 0. The first-order valence-corrected chi connectivity index (χ1v) is 11.4. The lowest BCUT2D eigenvalue weighted by Gasteiger charge is -2.29. The standard InChI is InChI=1S/C25H16BrFN2O5S/c26-17-9-10-21(34-13-14-5-7-15(8-6-14)24(32)33)16(11-17)12-18-22(30)28-25(35)29(23(18)31)20-4-2-1-3-19(20)27/h1-12H,13H2,(H,32,33)(H,28,30,35)/b18-12+. The zero-order valence-corrected chi connectivity index (χ0v) is 20.2. The number of hydrogen-bond donors (Lipinski definition) is 2. The van der Waals surface area contributed by atoms with Crippen molar-refractivity contribution in [1.82, 2.24) is 5.32 Å². The third kappa shape index (κ3) is 5.28. The van der Waals surface area contributed by atoms with Gasteiger partial charge in [0.25, 0.3) is 11.8 Å². The number of rotatable bonds is 6. The molecule has 1 heterocycles. The number of aromatic carboxylic acids is 1. The van der Waals surface area contributed by atoms with Crippen LogP contribution in [-0.4, -0.2) is 28.0 Å². The molecule has 1 saturated heterocycles. The molecule has 176 valence electrons. The molecule has 0 bridgehead atoms. The summed E-state index contributed by atoms with van der Waals surface area (Å²) in [4.78, 5) is 37.8. The Bertz CT molecular complexity index is 1390. The van der Waals surface area contributed by atoms with E-state index in [0.29, 0.717) is 15.8 Å². The average Bonchev–Trinajstić information content (AvgIpc) is 2.82. The molecule has 10 heteroatoms. The Labute approximate surface area is 212 Å². The minimum absolute atomic E-state index is 0.0797. The van der Waals surface area contributed by atoms with Crippen molar-refractivity contribution < 1.29 is 28.6 Å². The molecule has 0 saturated carbocycles. The highest BCUT2D eigenvalue weighted by molar-refractivity contribution is 9.10. The van der Waals surface area contributed by atoms with Crippen molar-refractivity contribution in [3.63, 3.8) is 0 Å². The molecule has 2 amide bonds. The molecule has 0 radical (unpaired) electrons. The van der Waals surface area contributed by atoms with Gasteiger partial charge in [0.2, 0.25) is 0 Å². The SMILES string of the molecule is O=C1NC(=S)N(c2ccccc2F)C(=O)/C1=C/c1cc(Br)ccc1OCc1ccc(C(=O)O)cc1. The zero-order valence-electron chi connectivity index (χ0n) is 17.8. The second-order valence-electron chi connectivity index (χ2n) is 7.38. The van der Waals surface area contributed by atoms with Crippen molar-refractivity contribution in [1.29, 1.82) is 0 Å². The number of ether oxygens (including phenoxy) is 1. The lowest BCUT2D eigenvalue weighted by Crippen LogP contribution is -2.54. The molecule has 1 aliphatic rings. The van der Waals surface area contributed by atoms with E-state index < -0.39 is 23.6 Å². The number of anilines is 1. The summed E-state index contributed by atoms with van der Waals surface area (Å²) in [5.41, 5.74) is 0.960. The van der Waals surface area contributed by atoms with Gasteiger partial charge in [-0.15, -0.1) is 0 Å². The van der Waals surface area contributed by atoms with Crippen molar-refractivity contribution in [2.75, 3.05) is 4.90 Å². The first-order chi connectivity index (χ1) is 16.7. The molecule has 1 aliphatic heterocycles. The number of carboxylic acids is 1. The van der Waals surface area contributed by atoms with Crippen LogP contribution in [0.4, 0.5) is 10.1 Å². The van der Waals surface area contributed by atoms with Crippen molar-refractivity contribution >= 4 is 62.8 Å². The van der Waals surface area contributed by atoms with E-state index in [9.17, 15) is 18.8 Å². The molecule has 0 aliphatic carbocycles. The maximum atomic E-state index is 14.4. The maximum absolute atomic E-state index is 14.4. The third-order valence-corrected chi connectivity index (χ3v) is 5.84. The van der Waals surface area contributed by atoms with Crippen molar-refractivity contribution in [2.45, 2.75) is 6.61 Å². The second kappa shape index (κ2) is 10.2. The molecular weight excluding hydrogens is 539 g/mol. The summed E-state index contributed by atoms with van der Waals surface area (Å²) in [5, 5.41) is 11.2. The average molecular weight is 555 g/mol. The number of carboxylic acid groups (broad SMARTS) is 1. The van der Waals surface area contributed by atoms with Crippen molar-refractivity contribution in [3.8, 4) is 5.75 Å². The van der Waals surface area contributed by atoms with Gasteiger partial charge < -0.3 is 9.84 Å². The van der Waals surface area contributed by atoms with Gasteiger partial charge in [-0.2, -0.15) is 0 Å². The largest absolute Gasteiger partial charge is 0.488 e. The summed E-state index contributed by atoms with van der Waals surface area (Å²) in [6, 6.07) is 16.9. The van der Waals surface area contributed by atoms with E-state index in [0.717, 1.165) is 10.5 Å². The molecule has 3 aromatic rings. The minimum atomic E-state index is -1.03. The molecule has 1 fully saturated rings. The first-order valence-electron chi connectivity index (χ1n) is 10.1. The summed E-state index contributed by atoms with van der Waals surface area (Å²) in [6.45, 7) is 0.114. The number of thiocarbonyl (C=S) groups is 1. The molecule has 4 rings (SSSR count). The Balaban J connectivity index is 1.65. The van der Waals surface area contributed by atoms with Crippen LogP contribution >= 0.6 is 28.1 Å². The monoisotopic (exact) mass is 554 g/mol. The Morgan fingerprint density at radius 3 is 2.51 bits per heavy atom. The summed E-state index contributed by atoms with van der Waals surface area (Å²) < 4.78 is 20.9. The van der Waals surface area contributed by atoms with E-state index >= 15 is 0 Å². The highest BCUT2D eigenvalue weighted by Gasteiger charge is 2.35. The zero-order chi connectivity index (χ0) is 25.1. The molecular formula is C25H16BrFN2O5S. The van der Waals surface area contributed by atoms with Crippen LogP contribution in [0, 0.1) is 5.82 Å². The molecule has 0 aromatic heterocycles. The molecule has 2 N–H and O–H groups in total. The van der Waals surface area contributed by atoms with Gasteiger partial charge in [-0.05, 0) is 66.3 Å². The number of carbonyl (C=O) groups excluding carboxylic acids is 2. The molecule has 0 spiro atoms. The van der Waals surface area contributed by atoms with E-state index in [-0.39, 0.29) is 28.5 Å². The topological polar surface area (TPSA) is 95.9 Å². The molecule has 3 aromatic carbocycles. The summed E-state index contributed by atoms with van der Waals surface area (Å²) >= 11 is 8.49. The van der Waals surface area contributed by atoms with Gasteiger partial charge >= 0.3 is 5.97 Å². The van der Waals surface area contributed by atoms with Crippen LogP contribution in [0.15, 0.2) is 76.8 Å². The Kier molecular flexibility index (Phi) is 7.04. The van der Waals surface area contributed by atoms with E-state index in [1.807, 2.05) is 0 Å². The first kappa shape index (κ1) is 24.2. The highest BCUT2D eigenvalue weighted by Crippen LogP contribution is 2.29. The Hall–Kier alpha value is -3.89. The second-order valence-corrected chi connectivity index (χ2v) is 8.68. The fourth-order valence-electron chi connectivity index (χ4n) is 3.33. The van der Waals surface area contributed by atoms with Gasteiger partial charge in [0.1, 0.15) is 23.7 Å². The van der Waals surface area contributed by atoms with Crippen LogP contribution in [-0.2, 0) is 16.2 Å². The Morgan fingerprint density at radius 1 is 1.11 bits per heavy atom. The third-order valence-electron chi connectivity index (χ3n) is 5.06. The number of hydrogen-bond acceptors (Lipinski definition) is 5. The number of amides is 2. The number of carbonyl (C=O) groups is 3. The number of benzene rings is 3. The molecule has 0 unspecified atom stereocenters. The number of nitrogens with zero attached hydrogens (tertiary/aromatic N) is 1. The fourth-order valence-corrected chi connectivity index (χ4v) is 3.99.